The number of aromatic nitrogens is 1. The second-order valence-corrected chi connectivity index (χ2v) is 4.71. The molecular weight excluding hydrogens is 236 g/mol. The van der Waals surface area contributed by atoms with Gasteiger partial charge in [0.25, 0.3) is 0 Å². The minimum Gasteiger partial charge on any atom is -0.463 e. The van der Waals surface area contributed by atoms with Crippen molar-refractivity contribution in [2.24, 2.45) is 0 Å². The number of furan rings is 1. The Labute approximate surface area is 112 Å². The van der Waals surface area contributed by atoms with E-state index in [9.17, 15) is 0 Å². The zero-order valence-corrected chi connectivity index (χ0v) is 11.1. The molecule has 0 saturated heterocycles. The summed E-state index contributed by atoms with van der Waals surface area (Å²) >= 11 is 0. The molecule has 3 nitrogen and oxygen atoms in total. The van der Waals surface area contributed by atoms with Gasteiger partial charge < -0.3 is 14.7 Å². The number of anilines is 1. The van der Waals surface area contributed by atoms with E-state index in [1.807, 2.05) is 31.2 Å². The van der Waals surface area contributed by atoms with Crippen LogP contribution >= 0.6 is 0 Å². The van der Waals surface area contributed by atoms with Gasteiger partial charge in [0.15, 0.2) is 5.76 Å². The van der Waals surface area contributed by atoms with Crippen molar-refractivity contribution >= 4 is 5.69 Å². The van der Waals surface area contributed by atoms with Crippen molar-refractivity contribution < 1.29 is 4.42 Å². The van der Waals surface area contributed by atoms with E-state index in [2.05, 4.69) is 29.7 Å². The van der Waals surface area contributed by atoms with Crippen LogP contribution < -0.4 is 5.73 Å². The summed E-state index contributed by atoms with van der Waals surface area (Å²) in [7, 11) is 0. The van der Waals surface area contributed by atoms with E-state index >= 15 is 0 Å². The minimum atomic E-state index is 0.802. The molecule has 0 aliphatic rings. The fourth-order valence-corrected chi connectivity index (χ4v) is 2.26. The summed E-state index contributed by atoms with van der Waals surface area (Å²) in [4.78, 5) is 0. The zero-order chi connectivity index (χ0) is 13.4. The molecule has 3 aromatic rings. The predicted octanol–water partition coefficient (Wildman–Crippen LogP) is 3.94. The molecule has 0 spiro atoms. The third kappa shape index (κ3) is 1.93. The lowest BCUT2D eigenvalue weighted by Gasteiger charge is -2.12. The van der Waals surface area contributed by atoms with Crippen LogP contribution in [0.1, 0.15) is 11.3 Å². The Kier molecular flexibility index (Phi) is 2.67. The Bertz CT molecular complexity index is 708. The monoisotopic (exact) mass is 252 g/mol. The average Bonchev–Trinajstić information content (AvgIpc) is 3.01. The summed E-state index contributed by atoms with van der Waals surface area (Å²) in [6, 6.07) is 14.1. The fourth-order valence-electron chi connectivity index (χ4n) is 2.26. The van der Waals surface area contributed by atoms with Crippen molar-refractivity contribution in [2.45, 2.75) is 13.8 Å². The lowest BCUT2D eigenvalue weighted by Crippen LogP contribution is -2.00. The number of nitrogens with zero attached hydrogens (tertiary/aromatic N) is 1. The molecule has 0 radical (unpaired) electrons. The van der Waals surface area contributed by atoms with Crippen molar-refractivity contribution in [3.63, 3.8) is 0 Å². The highest BCUT2D eigenvalue weighted by atomic mass is 16.3. The predicted molar refractivity (Wildman–Crippen MR) is 77.4 cm³/mol. The average molecular weight is 252 g/mol. The smallest absolute Gasteiger partial charge is 0.150 e. The SMILES string of the molecule is Cc1ccc(-n2c(C)ccc2-c2ccco2)cc1N. The molecule has 3 rings (SSSR count). The van der Waals surface area contributed by atoms with Crippen LogP contribution in [0.5, 0.6) is 0 Å². The third-order valence-corrected chi connectivity index (χ3v) is 3.37. The number of benzene rings is 1. The lowest BCUT2D eigenvalue weighted by atomic mass is 10.2. The zero-order valence-electron chi connectivity index (χ0n) is 11.1. The summed E-state index contributed by atoms with van der Waals surface area (Å²) in [5, 5.41) is 0. The highest BCUT2D eigenvalue weighted by molar-refractivity contribution is 5.62. The Balaban J connectivity index is 2.19. The number of nitrogens with two attached hydrogens (primary N) is 1. The summed E-state index contributed by atoms with van der Waals surface area (Å²) in [6.07, 6.45) is 1.69. The molecule has 19 heavy (non-hydrogen) atoms. The van der Waals surface area contributed by atoms with Crippen LogP contribution in [0, 0.1) is 13.8 Å². The maximum Gasteiger partial charge on any atom is 0.150 e. The summed E-state index contributed by atoms with van der Waals surface area (Å²) < 4.78 is 7.64. The standard InChI is InChI=1S/C16H16N2O/c1-11-5-7-13(10-14(11)17)18-12(2)6-8-15(18)16-4-3-9-19-16/h3-10H,17H2,1-2H3. The number of aryl methyl sites for hydroxylation is 2. The van der Waals surface area contributed by atoms with Crippen molar-refractivity contribution in [3.05, 3.63) is 60.0 Å². The third-order valence-electron chi connectivity index (χ3n) is 3.37. The molecule has 0 amide bonds. The second kappa shape index (κ2) is 4.35. The number of nitrogen functional groups attached to an aromatic ring is 1. The number of rotatable bonds is 2. The first-order valence-electron chi connectivity index (χ1n) is 6.25. The van der Waals surface area contributed by atoms with E-state index in [1.54, 1.807) is 6.26 Å². The summed E-state index contributed by atoms with van der Waals surface area (Å²) in [5.41, 5.74) is 11.1. The van der Waals surface area contributed by atoms with Gasteiger partial charge in [-0.25, -0.2) is 0 Å². The Morgan fingerprint density at radius 1 is 1.05 bits per heavy atom. The van der Waals surface area contributed by atoms with Crippen molar-refractivity contribution in [3.8, 4) is 17.1 Å². The van der Waals surface area contributed by atoms with E-state index in [0.717, 1.165) is 34.1 Å². The summed E-state index contributed by atoms with van der Waals surface area (Å²) in [5.74, 6) is 0.854. The van der Waals surface area contributed by atoms with Crippen molar-refractivity contribution in [2.75, 3.05) is 5.73 Å². The molecular formula is C16H16N2O. The Morgan fingerprint density at radius 2 is 1.89 bits per heavy atom. The van der Waals surface area contributed by atoms with E-state index in [1.165, 1.54) is 0 Å². The van der Waals surface area contributed by atoms with Gasteiger partial charge >= 0.3 is 0 Å². The number of hydrogen-bond acceptors (Lipinski definition) is 2. The van der Waals surface area contributed by atoms with E-state index in [0.29, 0.717) is 0 Å². The molecule has 0 aliphatic heterocycles. The van der Waals surface area contributed by atoms with Gasteiger partial charge in [-0.15, -0.1) is 0 Å². The molecule has 1 aromatic carbocycles. The van der Waals surface area contributed by atoms with Crippen LogP contribution in [-0.2, 0) is 0 Å². The summed E-state index contributed by atoms with van der Waals surface area (Å²) in [6.45, 7) is 4.08. The molecule has 3 heteroatoms. The fraction of sp³-hybridized carbons (Fsp3) is 0.125. The van der Waals surface area contributed by atoms with Crippen molar-refractivity contribution in [1.82, 2.24) is 4.57 Å². The molecule has 0 bridgehead atoms. The Morgan fingerprint density at radius 3 is 2.58 bits per heavy atom. The minimum absolute atomic E-state index is 0.802. The lowest BCUT2D eigenvalue weighted by molar-refractivity contribution is 0.578. The molecule has 0 saturated carbocycles. The first kappa shape index (κ1) is 11.7. The van der Waals surface area contributed by atoms with Crippen LogP contribution in [0.25, 0.3) is 17.1 Å². The topological polar surface area (TPSA) is 44.1 Å². The van der Waals surface area contributed by atoms with Gasteiger partial charge in [-0.2, -0.15) is 0 Å². The van der Waals surface area contributed by atoms with E-state index in [4.69, 9.17) is 10.2 Å². The molecule has 2 aromatic heterocycles. The van der Waals surface area contributed by atoms with Gasteiger partial charge in [0.1, 0.15) is 0 Å². The van der Waals surface area contributed by atoms with Gasteiger partial charge in [0, 0.05) is 17.1 Å². The van der Waals surface area contributed by atoms with Crippen molar-refractivity contribution in [1.29, 1.82) is 0 Å². The highest BCUT2D eigenvalue weighted by Gasteiger charge is 2.11. The van der Waals surface area contributed by atoms with Crippen LogP contribution in [0.15, 0.2) is 53.1 Å². The van der Waals surface area contributed by atoms with Gasteiger partial charge in [-0.1, -0.05) is 6.07 Å². The van der Waals surface area contributed by atoms with Crippen LogP contribution in [0.3, 0.4) is 0 Å². The van der Waals surface area contributed by atoms with Crippen LogP contribution in [0.2, 0.25) is 0 Å². The maximum absolute atomic E-state index is 6.01. The van der Waals surface area contributed by atoms with Gasteiger partial charge in [0.05, 0.1) is 12.0 Å². The quantitative estimate of drug-likeness (QED) is 0.702. The van der Waals surface area contributed by atoms with Gasteiger partial charge in [0.2, 0.25) is 0 Å². The highest BCUT2D eigenvalue weighted by Crippen LogP contribution is 2.28. The van der Waals surface area contributed by atoms with Gasteiger partial charge in [-0.05, 0) is 55.8 Å². The van der Waals surface area contributed by atoms with Gasteiger partial charge in [-0.3, -0.25) is 0 Å². The number of hydrogen-bond donors (Lipinski definition) is 1. The molecule has 0 atom stereocenters. The normalized spacial score (nSPS) is 10.8. The second-order valence-electron chi connectivity index (χ2n) is 4.71. The van der Waals surface area contributed by atoms with E-state index < -0.39 is 0 Å². The molecule has 96 valence electrons. The largest absolute Gasteiger partial charge is 0.463 e. The maximum atomic E-state index is 6.01. The molecule has 0 unspecified atom stereocenters. The van der Waals surface area contributed by atoms with Crippen LogP contribution in [0.4, 0.5) is 5.69 Å². The molecule has 0 fully saturated rings. The molecule has 0 aliphatic carbocycles. The van der Waals surface area contributed by atoms with Crippen LogP contribution in [-0.4, -0.2) is 4.57 Å². The molecule has 2 heterocycles. The first-order valence-corrected chi connectivity index (χ1v) is 6.25. The first-order chi connectivity index (χ1) is 9.16. The molecule has 2 N–H and O–H groups in total. The van der Waals surface area contributed by atoms with E-state index in [-0.39, 0.29) is 0 Å². The Hall–Kier alpha value is -2.42.